The highest BCUT2D eigenvalue weighted by atomic mass is 35.5. The maximum absolute atomic E-state index is 12.1. The molecule has 3 rings (SSSR count). The van der Waals surface area contributed by atoms with Crippen LogP contribution in [-0.4, -0.2) is 33.0 Å². The molecule has 1 aromatic carbocycles. The highest BCUT2D eigenvalue weighted by Gasteiger charge is 2.17. The van der Waals surface area contributed by atoms with E-state index < -0.39 is 11.6 Å². The van der Waals surface area contributed by atoms with E-state index in [1.807, 2.05) is 18.2 Å². The van der Waals surface area contributed by atoms with Crippen molar-refractivity contribution in [2.24, 2.45) is 0 Å². The Morgan fingerprint density at radius 2 is 2.00 bits per heavy atom. The van der Waals surface area contributed by atoms with Crippen LogP contribution in [-0.2, 0) is 6.54 Å². The lowest BCUT2D eigenvalue weighted by Gasteiger charge is -2.13. The van der Waals surface area contributed by atoms with Crippen molar-refractivity contribution < 1.29 is 9.21 Å². The lowest BCUT2D eigenvalue weighted by molar-refractivity contribution is 0.0764. The topological polar surface area (TPSA) is 95.0 Å². The lowest BCUT2D eigenvalue weighted by Crippen LogP contribution is -2.27. The Morgan fingerprint density at radius 3 is 2.65 bits per heavy atom. The first-order valence-corrected chi connectivity index (χ1v) is 7.15. The first-order chi connectivity index (χ1) is 11.0. The molecule has 1 amide bonds. The molecule has 2 N–H and O–H groups in total. The maximum atomic E-state index is 12.1. The van der Waals surface area contributed by atoms with Gasteiger partial charge in [-0.2, -0.15) is 0 Å². The Labute approximate surface area is 135 Å². The number of carbonyl (C=O) groups is 1. The third-order valence-corrected chi connectivity index (χ3v) is 3.49. The number of aromatic nitrogens is 3. The SMILES string of the molecule is CN(Cc1ccc(-c2ccc(Cl)cc2)o1)C(=O)c1n[nH]c(=O)[nH]1. The van der Waals surface area contributed by atoms with Crippen LogP contribution in [0.15, 0.2) is 45.6 Å². The number of H-pyrrole nitrogens is 2. The van der Waals surface area contributed by atoms with Crippen molar-refractivity contribution in [1.82, 2.24) is 20.1 Å². The van der Waals surface area contributed by atoms with Crippen molar-refractivity contribution >= 4 is 17.5 Å². The van der Waals surface area contributed by atoms with Crippen LogP contribution in [0.1, 0.15) is 16.4 Å². The van der Waals surface area contributed by atoms with Gasteiger partial charge in [-0.3, -0.25) is 9.78 Å². The number of nitrogens with zero attached hydrogens (tertiary/aromatic N) is 2. The van der Waals surface area contributed by atoms with E-state index in [1.165, 1.54) is 4.90 Å². The molecule has 0 saturated carbocycles. The Kier molecular flexibility index (Phi) is 4.03. The number of aromatic amines is 2. The molecular weight excluding hydrogens is 320 g/mol. The van der Waals surface area contributed by atoms with Gasteiger partial charge in [0, 0.05) is 17.6 Å². The zero-order valence-corrected chi connectivity index (χ0v) is 12.9. The van der Waals surface area contributed by atoms with Gasteiger partial charge in [-0.1, -0.05) is 11.6 Å². The zero-order chi connectivity index (χ0) is 16.4. The minimum atomic E-state index is -0.523. The number of halogens is 1. The van der Waals surface area contributed by atoms with Crippen LogP contribution in [0, 0.1) is 0 Å². The summed E-state index contributed by atoms with van der Waals surface area (Å²) in [5.41, 5.74) is 0.371. The molecule has 0 aliphatic heterocycles. The molecule has 8 heteroatoms. The molecule has 0 aliphatic rings. The molecule has 0 atom stereocenters. The molecule has 118 valence electrons. The Balaban J connectivity index is 1.72. The summed E-state index contributed by atoms with van der Waals surface area (Å²) >= 11 is 5.86. The Bertz CT molecular complexity index is 879. The van der Waals surface area contributed by atoms with E-state index in [0.29, 0.717) is 16.5 Å². The molecule has 0 saturated heterocycles. The first kappa shape index (κ1) is 15.1. The monoisotopic (exact) mass is 332 g/mol. The van der Waals surface area contributed by atoms with Crippen LogP contribution < -0.4 is 5.69 Å². The highest BCUT2D eigenvalue weighted by molar-refractivity contribution is 6.30. The van der Waals surface area contributed by atoms with E-state index in [1.54, 1.807) is 25.2 Å². The van der Waals surface area contributed by atoms with Crippen LogP contribution in [0.5, 0.6) is 0 Å². The van der Waals surface area contributed by atoms with E-state index >= 15 is 0 Å². The Hall–Kier alpha value is -2.80. The maximum Gasteiger partial charge on any atom is 0.341 e. The smallest absolute Gasteiger partial charge is 0.341 e. The van der Waals surface area contributed by atoms with Crippen molar-refractivity contribution in [2.75, 3.05) is 7.05 Å². The molecule has 2 aromatic heterocycles. The molecule has 7 nitrogen and oxygen atoms in total. The molecule has 2 heterocycles. The molecule has 0 fully saturated rings. The number of benzene rings is 1. The number of hydrogen-bond acceptors (Lipinski definition) is 4. The number of furan rings is 1. The van der Waals surface area contributed by atoms with E-state index in [2.05, 4.69) is 15.2 Å². The quantitative estimate of drug-likeness (QED) is 0.766. The highest BCUT2D eigenvalue weighted by Crippen LogP contribution is 2.24. The molecule has 23 heavy (non-hydrogen) atoms. The number of rotatable bonds is 4. The zero-order valence-electron chi connectivity index (χ0n) is 12.2. The number of hydrogen-bond donors (Lipinski definition) is 2. The molecule has 0 unspecified atom stereocenters. The second-order valence-corrected chi connectivity index (χ2v) is 5.40. The summed E-state index contributed by atoms with van der Waals surface area (Å²) in [5, 5.41) is 6.42. The summed E-state index contributed by atoms with van der Waals surface area (Å²) in [7, 11) is 1.60. The lowest BCUT2D eigenvalue weighted by atomic mass is 10.2. The van der Waals surface area contributed by atoms with E-state index in [9.17, 15) is 9.59 Å². The van der Waals surface area contributed by atoms with Crippen LogP contribution in [0.2, 0.25) is 5.02 Å². The van der Waals surface area contributed by atoms with Gasteiger partial charge in [-0.25, -0.2) is 9.89 Å². The van der Waals surface area contributed by atoms with Crippen molar-refractivity contribution in [2.45, 2.75) is 6.54 Å². The Morgan fingerprint density at radius 1 is 1.26 bits per heavy atom. The van der Waals surface area contributed by atoms with Gasteiger partial charge in [0.1, 0.15) is 11.5 Å². The van der Waals surface area contributed by atoms with Gasteiger partial charge in [0.15, 0.2) is 0 Å². The van der Waals surface area contributed by atoms with Crippen molar-refractivity contribution in [1.29, 1.82) is 0 Å². The third-order valence-electron chi connectivity index (χ3n) is 3.23. The van der Waals surface area contributed by atoms with Gasteiger partial charge in [0.05, 0.1) is 6.54 Å². The van der Waals surface area contributed by atoms with E-state index in [4.69, 9.17) is 16.0 Å². The average Bonchev–Trinajstić information content (AvgIpc) is 3.16. The predicted molar refractivity (Wildman–Crippen MR) is 84.2 cm³/mol. The van der Waals surface area contributed by atoms with E-state index in [-0.39, 0.29) is 12.4 Å². The molecule has 0 radical (unpaired) electrons. The molecule has 0 aliphatic carbocycles. The summed E-state index contributed by atoms with van der Waals surface area (Å²) in [5.74, 6) is 0.851. The van der Waals surface area contributed by atoms with E-state index in [0.717, 1.165) is 5.56 Å². The molecule has 0 bridgehead atoms. The largest absolute Gasteiger partial charge is 0.459 e. The fourth-order valence-corrected chi connectivity index (χ4v) is 2.22. The molecule has 0 spiro atoms. The second kappa shape index (κ2) is 6.13. The van der Waals surface area contributed by atoms with Gasteiger partial charge < -0.3 is 9.32 Å². The summed E-state index contributed by atoms with van der Waals surface area (Å²) in [4.78, 5) is 26.8. The number of nitrogens with one attached hydrogen (secondary N) is 2. The first-order valence-electron chi connectivity index (χ1n) is 6.78. The van der Waals surface area contributed by atoms with Crippen LogP contribution >= 0.6 is 11.6 Å². The van der Waals surface area contributed by atoms with Crippen LogP contribution in [0.25, 0.3) is 11.3 Å². The predicted octanol–water partition coefficient (Wildman–Crippen LogP) is 2.28. The van der Waals surface area contributed by atoms with Crippen molar-refractivity contribution in [3.8, 4) is 11.3 Å². The van der Waals surface area contributed by atoms with Gasteiger partial charge >= 0.3 is 5.69 Å². The summed E-state index contributed by atoms with van der Waals surface area (Å²) in [6.45, 7) is 0.251. The summed E-state index contributed by atoms with van der Waals surface area (Å²) in [6.07, 6.45) is 0. The third kappa shape index (κ3) is 3.35. The minimum Gasteiger partial charge on any atom is -0.459 e. The fourth-order valence-electron chi connectivity index (χ4n) is 2.09. The standard InChI is InChI=1S/C15H13ClN4O3/c1-20(14(21)13-17-15(22)19-18-13)8-11-6-7-12(23-11)9-2-4-10(16)5-3-9/h2-7H,8H2,1H3,(H2,17,18,19,22). The van der Waals surface area contributed by atoms with Gasteiger partial charge in [0.2, 0.25) is 5.82 Å². The van der Waals surface area contributed by atoms with Gasteiger partial charge in [-0.05, 0) is 36.4 Å². The summed E-state index contributed by atoms with van der Waals surface area (Å²) < 4.78 is 5.73. The average molecular weight is 333 g/mol. The van der Waals surface area contributed by atoms with Crippen LogP contribution in [0.4, 0.5) is 0 Å². The second-order valence-electron chi connectivity index (χ2n) is 4.96. The number of amides is 1. The van der Waals surface area contributed by atoms with Crippen molar-refractivity contribution in [3.05, 3.63) is 63.5 Å². The van der Waals surface area contributed by atoms with Crippen molar-refractivity contribution in [3.63, 3.8) is 0 Å². The summed E-state index contributed by atoms with van der Waals surface area (Å²) in [6, 6.07) is 10.9. The van der Waals surface area contributed by atoms with Crippen LogP contribution in [0.3, 0.4) is 0 Å². The number of carbonyl (C=O) groups excluding carboxylic acids is 1. The fraction of sp³-hybridized carbons (Fsp3) is 0.133. The molecular formula is C15H13ClN4O3. The van der Waals surface area contributed by atoms with Gasteiger partial charge in [0.25, 0.3) is 5.91 Å². The van der Waals surface area contributed by atoms with Gasteiger partial charge in [-0.15, -0.1) is 5.10 Å². The molecule has 3 aromatic rings. The minimum absolute atomic E-state index is 0.0398. The normalized spacial score (nSPS) is 10.7.